The Morgan fingerprint density at radius 3 is 2.76 bits per heavy atom. The zero-order valence-corrected chi connectivity index (χ0v) is 13.2. The van der Waals surface area contributed by atoms with E-state index in [1.807, 2.05) is 18.2 Å². The van der Waals surface area contributed by atoms with Crippen molar-refractivity contribution >= 4 is 22.6 Å². The van der Waals surface area contributed by atoms with E-state index in [9.17, 15) is 5.26 Å². The van der Waals surface area contributed by atoms with Crippen molar-refractivity contribution in [2.75, 3.05) is 5.88 Å². The second-order valence-electron chi connectivity index (χ2n) is 6.18. The third-order valence-electron chi connectivity index (χ3n) is 4.64. The molecular weight excluding hydrogens is 282 g/mol. The molecule has 21 heavy (non-hydrogen) atoms. The van der Waals surface area contributed by atoms with Crippen LogP contribution in [0.15, 0.2) is 18.2 Å². The number of halogens is 1. The maximum Gasteiger partial charge on any atom is 0.111 e. The van der Waals surface area contributed by atoms with E-state index in [1.54, 1.807) is 0 Å². The first-order valence-electron chi connectivity index (χ1n) is 7.66. The summed E-state index contributed by atoms with van der Waals surface area (Å²) >= 11 is 5.97. The van der Waals surface area contributed by atoms with Crippen molar-refractivity contribution in [3.63, 3.8) is 0 Å². The summed E-state index contributed by atoms with van der Waals surface area (Å²) in [6.07, 6.45) is 6.95. The van der Waals surface area contributed by atoms with Gasteiger partial charge in [-0.05, 0) is 38.0 Å². The number of aromatic nitrogens is 2. The average Bonchev–Trinajstić information content (AvgIpc) is 2.86. The minimum absolute atomic E-state index is 0.0997. The number of nitrogens with zero attached hydrogens (tertiary/aromatic N) is 3. The van der Waals surface area contributed by atoms with Crippen LogP contribution in [0.3, 0.4) is 0 Å². The van der Waals surface area contributed by atoms with Crippen LogP contribution in [0.5, 0.6) is 0 Å². The van der Waals surface area contributed by atoms with E-state index in [2.05, 4.69) is 17.6 Å². The fourth-order valence-electron chi connectivity index (χ4n) is 3.59. The zero-order valence-electron chi connectivity index (χ0n) is 12.4. The molecule has 110 valence electrons. The van der Waals surface area contributed by atoms with Gasteiger partial charge in [0.05, 0.1) is 22.7 Å². The molecule has 1 aromatic heterocycles. The van der Waals surface area contributed by atoms with E-state index in [-0.39, 0.29) is 5.54 Å². The Labute approximate surface area is 130 Å². The summed E-state index contributed by atoms with van der Waals surface area (Å²) in [5.41, 5.74) is 2.85. The molecule has 1 saturated carbocycles. The molecule has 3 nitrogen and oxygen atoms in total. The van der Waals surface area contributed by atoms with Crippen molar-refractivity contribution in [3.8, 4) is 6.07 Å². The van der Waals surface area contributed by atoms with Gasteiger partial charge in [0.15, 0.2) is 0 Å². The van der Waals surface area contributed by atoms with Gasteiger partial charge in [-0.1, -0.05) is 19.3 Å². The summed E-state index contributed by atoms with van der Waals surface area (Å²) in [7, 11) is 0. The summed E-state index contributed by atoms with van der Waals surface area (Å²) in [5, 5.41) is 9.17. The van der Waals surface area contributed by atoms with Gasteiger partial charge in [0.2, 0.25) is 0 Å². The molecule has 0 saturated heterocycles. The summed E-state index contributed by atoms with van der Waals surface area (Å²) in [6, 6.07) is 8.00. The number of hydrogen-bond donors (Lipinski definition) is 0. The van der Waals surface area contributed by atoms with Crippen molar-refractivity contribution in [1.29, 1.82) is 5.26 Å². The number of rotatable bonds is 3. The van der Waals surface area contributed by atoms with Crippen LogP contribution < -0.4 is 0 Å². The number of hydrogen-bond acceptors (Lipinski definition) is 2. The Kier molecular flexibility index (Phi) is 3.91. The van der Waals surface area contributed by atoms with Crippen LogP contribution in [0.2, 0.25) is 0 Å². The highest BCUT2D eigenvalue weighted by Gasteiger charge is 2.32. The molecule has 2 aromatic rings. The van der Waals surface area contributed by atoms with Crippen molar-refractivity contribution < 1.29 is 0 Å². The standard InChI is InChI=1S/C17H20ClN3/c1-17(8-3-2-4-9-17)21-15-11-13(12-19)5-6-14(15)20-16(21)7-10-18/h5-6,11H,2-4,7-10H2,1H3. The molecule has 0 amide bonds. The Balaban J connectivity index is 2.21. The lowest BCUT2D eigenvalue weighted by molar-refractivity contribution is 0.219. The number of aryl methyl sites for hydroxylation is 1. The summed E-state index contributed by atoms with van der Waals surface area (Å²) in [6.45, 7) is 2.32. The fraction of sp³-hybridized carbons (Fsp3) is 0.529. The maximum absolute atomic E-state index is 9.17. The van der Waals surface area contributed by atoms with Gasteiger partial charge < -0.3 is 4.57 Å². The van der Waals surface area contributed by atoms with Crippen molar-refractivity contribution in [3.05, 3.63) is 29.6 Å². The Morgan fingerprint density at radius 2 is 2.10 bits per heavy atom. The predicted molar refractivity (Wildman–Crippen MR) is 85.6 cm³/mol. The van der Waals surface area contributed by atoms with E-state index in [0.717, 1.165) is 23.3 Å². The smallest absolute Gasteiger partial charge is 0.111 e. The van der Waals surface area contributed by atoms with Gasteiger partial charge in [-0.2, -0.15) is 5.26 Å². The minimum atomic E-state index is 0.0997. The van der Waals surface area contributed by atoms with Crippen LogP contribution in [0.1, 0.15) is 50.4 Å². The molecule has 0 N–H and O–H groups in total. The molecule has 1 fully saturated rings. The van der Waals surface area contributed by atoms with Crippen molar-refractivity contribution in [2.24, 2.45) is 0 Å². The minimum Gasteiger partial charge on any atom is -0.322 e. The van der Waals surface area contributed by atoms with E-state index < -0.39 is 0 Å². The number of imidazole rings is 1. The molecule has 1 heterocycles. The van der Waals surface area contributed by atoms with Crippen molar-refractivity contribution in [1.82, 2.24) is 9.55 Å². The van der Waals surface area contributed by atoms with Gasteiger partial charge in [-0.3, -0.25) is 0 Å². The second-order valence-corrected chi connectivity index (χ2v) is 6.55. The van der Waals surface area contributed by atoms with E-state index in [0.29, 0.717) is 11.4 Å². The lowest BCUT2D eigenvalue weighted by Crippen LogP contribution is -2.34. The molecule has 4 heteroatoms. The molecular formula is C17H20ClN3. The fourth-order valence-corrected chi connectivity index (χ4v) is 3.76. The normalized spacial score (nSPS) is 17.8. The first kappa shape index (κ1) is 14.4. The van der Waals surface area contributed by atoms with Crippen LogP contribution in [0, 0.1) is 11.3 Å². The zero-order chi connectivity index (χ0) is 14.9. The Hall–Kier alpha value is -1.53. The summed E-state index contributed by atoms with van der Waals surface area (Å²) < 4.78 is 2.37. The first-order chi connectivity index (χ1) is 10.2. The van der Waals surface area contributed by atoms with E-state index in [4.69, 9.17) is 16.6 Å². The molecule has 0 unspecified atom stereocenters. The van der Waals surface area contributed by atoms with Gasteiger partial charge in [-0.15, -0.1) is 11.6 Å². The predicted octanol–water partition coefficient (Wildman–Crippen LogP) is 4.37. The van der Waals surface area contributed by atoms with Gasteiger partial charge in [0.25, 0.3) is 0 Å². The molecule has 1 aliphatic rings. The number of fused-ring (bicyclic) bond motifs is 1. The lowest BCUT2D eigenvalue weighted by Gasteiger charge is -2.37. The highest BCUT2D eigenvalue weighted by Crippen LogP contribution is 2.38. The van der Waals surface area contributed by atoms with E-state index >= 15 is 0 Å². The largest absolute Gasteiger partial charge is 0.322 e. The number of nitriles is 1. The SMILES string of the molecule is CC1(n2c(CCCl)nc3ccc(C#N)cc32)CCCCC1. The second kappa shape index (κ2) is 5.69. The molecule has 3 rings (SSSR count). The Morgan fingerprint density at radius 1 is 1.33 bits per heavy atom. The summed E-state index contributed by atoms with van der Waals surface area (Å²) in [5.74, 6) is 1.63. The molecule has 1 aromatic carbocycles. The van der Waals surface area contributed by atoms with Gasteiger partial charge >= 0.3 is 0 Å². The Bertz CT molecular complexity index is 690. The average molecular weight is 302 g/mol. The number of benzene rings is 1. The molecule has 1 aliphatic carbocycles. The third-order valence-corrected chi connectivity index (χ3v) is 4.83. The van der Waals surface area contributed by atoms with Crippen LogP contribution >= 0.6 is 11.6 Å². The van der Waals surface area contributed by atoms with E-state index in [1.165, 1.54) is 32.1 Å². The third kappa shape index (κ3) is 2.53. The quantitative estimate of drug-likeness (QED) is 0.790. The van der Waals surface area contributed by atoms with Crippen LogP contribution in [-0.2, 0) is 12.0 Å². The number of alkyl halides is 1. The first-order valence-corrected chi connectivity index (χ1v) is 8.19. The molecule has 0 spiro atoms. The molecule has 0 aliphatic heterocycles. The molecule has 0 radical (unpaired) electrons. The van der Waals surface area contributed by atoms with Gasteiger partial charge in [0, 0.05) is 17.8 Å². The summed E-state index contributed by atoms with van der Waals surface area (Å²) in [4.78, 5) is 4.77. The maximum atomic E-state index is 9.17. The van der Waals surface area contributed by atoms with Gasteiger partial charge in [-0.25, -0.2) is 4.98 Å². The van der Waals surface area contributed by atoms with Crippen LogP contribution in [-0.4, -0.2) is 15.4 Å². The highest BCUT2D eigenvalue weighted by molar-refractivity contribution is 6.17. The van der Waals surface area contributed by atoms with Crippen LogP contribution in [0.4, 0.5) is 0 Å². The molecule has 0 atom stereocenters. The van der Waals surface area contributed by atoms with Gasteiger partial charge in [0.1, 0.15) is 5.82 Å². The molecule has 0 bridgehead atoms. The highest BCUT2D eigenvalue weighted by atomic mass is 35.5. The topological polar surface area (TPSA) is 41.6 Å². The lowest BCUT2D eigenvalue weighted by atomic mass is 9.82. The van der Waals surface area contributed by atoms with Crippen molar-refractivity contribution in [2.45, 2.75) is 51.0 Å². The van der Waals surface area contributed by atoms with Crippen LogP contribution in [0.25, 0.3) is 11.0 Å². The monoisotopic (exact) mass is 301 g/mol.